The van der Waals surface area contributed by atoms with Crippen molar-refractivity contribution in [2.75, 3.05) is 19.1 Å². The average Bonchev–Trinajstić information content (AvgIpc) is 2.87. The second-order valence-electron chi connectivity index (χ2n) is 4.06. The molecule has 2 aromatic rings. The van der Waals surface area contributed by atoms with Gasteiger partial charge in [-0.1, -0.05) is 23.5 Å². The standard InChI is InChI=1S/C13H17N3OS/c1-9(14)12-8-15-13(18-12)16(2)10-6-4-5-7-11(10)17-3/h4-9H,14H2,1-3H3. The fourth-order valence-electron chi connectivity index (χ4n) is 1.65. The lowest BCUT2D eigenvalue weighted by Gasteiger charge is -2.18. The molecule has 1 aromatic heterocycles. The highest BCUT2D eigenvalue weighted by atomic mass is 32.1. The number of ether oxygens (including phenoxy) is 1. The number of nitrogens with zero attached hydrogens (tertiary/aromatic N) is 2. The molecule has 1 heterocycles. The van der Waals surface area contributed by atoms with E-state index in [1.165, 1.54) is 0 Å². The van der Waals surface area contributed by atoms with Gasteiger partial charge < -0.3 is 15.4 Å². The number of hydrogen-bond acceptors (Lipinski definition) is 5. The van der Waals surface area contributed by atoms with Gasteiger partial charge in [-0.05, 0) is 19.1 Å². The van der Waals surface area contributed by atoms with E-state index >= 15 is 0 Å². The van der Waals surface area contributed by atoms with Crippen LogP contribution in [0.3, 0.4) is 0 Å². The van der Waals surface area contributed by atoms with Crippen molar-refractivity contribution in [1.82, 2.24) is 4.98 Å². The van der Waals surface area contributed by atoms with Crippen molar-refractivity contribution in [2.24, 2.45) is 5.73 Å². The Morgan fingerprint density at radius 3 is 2.72 bits per heavy atom. The molecular formula is C13H17N3OS. The molecule has 1 unspecified atom stereocenters. The van der Waals surface area contributed by atoms with Crippen molar-refractivity contribution in [3.63, 3.8) is 0 Å². The van der Waals surface area contributed by atoms with Crippen LogP contribution in [0.2, 0.25) is 0 Å². The third-order valence-electron chi connectivity index (χ3n) is 2.69. The van der Waals surface area contributed by atoms with Gasteiger partial charge in [-0.2, -0.15) is 0 Å². The molecule has 1 aromatic carbocycles. The van der Waals surface area contributed by atoms with Gasteiger partial charge in [-0.25, -0.2) is 4.98 Å². The minimum atomic E-state index is 0.0160. The van der Waals surface area contributed by atoms with Gasteiger partial charge in [0.05, 0.1) is 12.8 Å². The molecule has 1 atom stereocenters. The van der Waals surface area contributed by atoms with Crippen LogP contribution in [0.5, 0.6) is 5.75 Å². The monoisotopic (exact) mass is 263 g/mol. The van der Waals surface area contributed by atoms with Gasteiger partial charge in [0.15, 0.2) is 5.13 Å². The fraction of sp³-hybridized carbons (Fsp3) is 0.308. The van der Waals surface area contributed by atoms with E-state index in [1.54, 1.807) is 18.4 Å². The summed E-state index contributed by atoms with van der Waals surface area (Å²) in [6, 6.07) is 7.89. The number of aromatic nitrogens is 1. The third kappa shape index (κ3) is 2.47. The Bertz CT molecular complexity index is 524. The number of methoxy groups -OCH3 is 1. The third-order valence-corrected chi connectivity index (χ3v) is 3.97. The first-order valence-corrected chi connectivity index (χ1v) is 6.53. The Morgan fingerprint density at radius 2 is 2.11 bits per heavy atom. The second-order valence-corrected chi connectivity index (χ2v) is 5.11. The summed E-state index contributed by atoms with van der Waals surface area (Å²) in [6.07, 6.45) is 1.83. The van der Waals surface area contributed by atoms with Crippen molar-refractivity contribution in [1.29, 1.82) is 0 Å². The largest absolute Gasteiger partial charge is 0.495 e. The Morgan fingerprint density at radius 1 is 1.39 bits per heavy atom. The quantitative estimate of drug-likeness (QED) is 0.921. The maximum atomic E-state index is 5.85. The molecule has 0 saturated heterocycles. The lowest BCUT2D eigenvalue weighted by molar-refractivity contribution is 0.415. The van der Waals surface area contributed by atoms with Crippen LogP contribution in [0.15, 0.2) is 30.5 Å². The average molecular weight is 263 g/mol. The maximum absolute atomic E-state index is 5.85. The summed E-state index contributed by atoms with van der Waals surface area (Å²) in [5, 5.41) is 0.909. The van der Waals surface area contributed by atoms with Gasteiger partial charge in [-0.3, -0.25) is 0 Å². The normalized spacial score (nSPS) is 12.2. The van der Waals surface area contributed by atoms with E-state index in [2.05, 4.69) is 4.98 Å². The minimum Gasteiger partial charge on any atom is -0.495 e. The fourth-order valence-corrected chi connectivity index (χ4v) is 2.50. The van der Waals surface area contributed by atoms with Crippen LogP contribution in [0.1, 0.15) is 17.8 Å². The topological polar surface area (TPSA) is 51.4 Å². The summed E-state index contributed by atoms with van der Waals surface area (Å²) in [5.41, 5.74) is 6.84. The molecule has 0 bridgehead atoms. The van der Waals surface area contributed by atoms with Crippen LogP contribution >= 0.6 is 11.3 Å². The number of nitrogens with two attached hydrogens (primary N) is 1. The number of para-hydroxylation sites is 2. The first-order valence-electron chi connectivity index (χ1n) is 5.71. The van der Waals surface area contributed by atoms with Crippen molar-refractivity contribution in [3.05, 3.63) is 35.3 Å². The molecule has 0 aliphatic carbocycles. The number of thiazole rings is 1. The van der Waals surface area contributed by atoms with E-state index in [-0.39, 0.29) is 6.04 Å². The smallest absolute Gasteiger partial charge is 0.189 e. The van der Waals surface area contributed by atoms with Crippen LogP contribution in [0.25, 0.3) is 0 Å². The van der Waals surface area contributed by atoms with Crippen LogP contribution in [0, 0.1) is 0 Å². The number of benzene rings is 1. The van der Waals surface area contributed by atoms with Crippen molar-refractivity contribution in [3.8, 4) is 5.75 Å². The number of rotatable bonds is 4. The minimum absolute atomic E-state index is 0.0160. The van der Waals surface area contributed by atoms with Crippen LogP contribution in [-0.4, -0.2) is 19.1 Å². The summed E-state index contributed by atoms with van der Waals surface area (Å²) in [7, 11) is 3.64. The summed E-state index contributed by atoms with van der Waals surface area (Å²) in [6.45, 7) is 1.96. The van der Waals surface area contributed by atoms with Crippen molar-refractivity contribution in [2.45, 2.75) is 13.0 Å². The van der Waals surface area contributed by atoms with E-state index in [0.29, 0.717) is 0 Å². The van der Waals surface area contributed by atoms with Crippen molar-refractivity contribution >= 4 is 22.2 Å². The van der Waals surface area contributed by atoms with E-state index in [9.17, 15) is 0 Å². The van der Waals surface area contributed by atoms with Gasteiger partial charge in [-0.15, -0.1) is 0 Å². The second kappa shape index (κ2) is 5.37. The summed E-state index contributed by atoms with van der Waals surface area (Å²) < 4.78 is 5.35. The van der Waals surface area contributed by atoms with Crippen LogP contribution < -0.4 is 15.4 Å². The molecule has 0 aliphatic heterocycles. The molecule has 2 rings (SSSR count). The molecule has 0 spiro atoms. The molecule has 2 N–H and O–H groups in total. The number of anilines is 2. The highest BCUT2D eigenvalue weighted by molar-refractivity contribution is 7.15. The van der Waals surface area contributed by atoms with Crippen LogP contribution in [-0.2, 0) is 0 Å². The first kappa shape index (κ1) is 12.9. The van der Waals surface area contributed by atoms with Crippen molar-refractivity contribution < 1.29 is 4.74 Å². The molecule has 0 fully saturated rings. The summed E-state index contributed by atoms with van der Waals surface area (Å²) >= 11 is 1.60. The molecule has 4 nitrogen and oxygen atoms in total. The van der Waals surface area contributed by atoms with Gasteiger partial charge in [0, 0.05) is 24.2 Å². The number of hydrogen-bond donors (Lipinski definition) is 1. The lowest BCUT2D eigenvalue weighted by atomic mass is 10.3. The predicted molar refractivity (Wildman–Crippen MR) is 75.8 cm³/mol. The molecule has 0 saturated carbocycles. The molecule has 0 aliphatic rings. The lowest BCUT2D eigenvalue weighted by Crippen LogP contribution is -2.10. The molecule has 96 valence electrons. The zero-order valence-electron chi connectivity index (χ0n) is 10.8. The summed E-state index contributed by atoms with van der Waals surface area (Å²) in [4.78, 5) is 7.48. The SMILES string of the molecule is COc1ccccc1N(C)c1ncc(C(C)N)s1. The van der Waals surface area contributed by atoms with E-state index in [0.717, 1.165) is 21.4 Å². The van der Waals surface area contributed by atoms with E-state index in [4.69, 9.17) is 10.5 Å². The zero-order chi connectivity index (χ0) is 13.1. The van der Waals surface area contributed by atoms with Crippen LogP contribution in [0.4, 0.5) is 10.8 Å². The Hall–Kier alpha value is -1.59. The zero-order valence-corrected chi connectivity index (χ0v) is 11.6. The van der Waals surface area contributed by atoms with Gasteiger partial charge in [0.1, 0.15) is 5.75 Å². The summed E-state index contributed by atoms with van der Waals surface area (Å²) in [5.74, 6) is 0.831. The van der Waals surface area contributed by atoms with E-state index in [1.807, 2.05) is 49.3 Å². The maximum Gasteiger partial charge on any atom is 0.189 e. The molecule has 18 heavy (non-hydrogen) atoms. The Labute approximate surface area is 111 Å². The highest BCUT2D eigenvalue weighted by Crippen LogP contribution is 2.35. The van der Waals surface area contributed by atoms with E-state index < -0.39 is 0 Å². The molecular weight excluding hydrogens is 246 g/mol. The Kier molecular flexibility index (Phi) is 3.84. The molecule has 5 heteroatoms. The molecule has 0 amide bonds. The van der Waals surface area contributed by atoms with Gasteiger partial charge in [0.2, 0.25) is 0 Å². The van der Waals surface area contributed by atoms with Gasteiger partial charge in [0.25, 0.3) is 0 Å². The molecule has 0 radical (unpaired) electrons. The highest BCUT2D eigenvalue weighted by Gasteiger charge is 2.13. The van der Waals surface area contributed by atoms with Gasteiger partial charge >= 0.3 is 0 Å². The predicted octanol–water partition coefficient (Wildman–Crippen LogP) is 2.94. The first-order chi connectivity index (χ1) is 8.63. The Balaban J connectivity index is 2.32.